The van der Waals surface area contributed by atoms with Crippen LogP contribution in [0.4, 0.5) is 0 Å². The lowest BCUT2D eigenvalue weighted by Crippen LogP contribution is -2.05. The molecule has 0 heterocycles. The quantitative estimate of drug-likeness (QED) is 0.614. The van der Waals surface area contributed by atoms with Crippen molar-refractivity contribution < 1.29 is 19.4 Å². The van der Waals surface area contributed by atoms with Crippen LogP contribution in [-0.2, 0) is 16.1 Å². The van der Waals surface area contributed by atoms with Crippen LogP contribution in [0.1, 0.15) is 36.2 Å². The third-order valence-electron chi connectivity index (χ3n) is 2.46. The van der Waals surface area contributed by atoms with Crippen molar-refractivity contribution >= 4 is 23.5 Å². The Morgan fingerprint density at radius 3 is 2.68 bits per heavy atom. The average Bonchev–Trinajstić information content (AvgIpc) is 2.38. The van der Waals surface area contributed by atoms with Gasteiger partial charge in [0.1, 0.15) is 5.78 Å². The van der Waals surface area contributed by atoms with Crippen LogP contribution in [0.15, 0.2) is 23.1 Å². The molecule has 19 heavy (non-hydrogen) atoms. The molecule has 4 nitrogen and oxygen atoms in total. The minimum Gasteiger partial charge on any atom is -0.462 e. The summed E-state index contributed by atoms with van der Waals surface area (Å²) in [5.74, 6) is 0.384. The van der Waals surface area contributed by atoms with Crippen LogP contribution < -0.4 is 0 Å². The monoisotopic (exact) mass is 282 g/mol. The van der Waals surface area contributed by atoms with Gasteiger partial charge in [0.05, 0.1) is 18.8 Å². The highest BCUT2D eigenvalue weighted by atomic mass is 32.2. The lowest BCUT2D eigenvalue weighted by molar-refractivity contribution is -0.116. The summed E-state index contributed by atoms with van der Waals surface area (Å²) < 4.78 is 4.93. The third-order valence-corrected chi connectivity index (χ3v) is 3.56. The number of hydrogen-bond donors (Lipinski definition) is 1. The molecule has 0 atom stereocenters. The highest BCUT2D eigenvalue weighted by Gasteiger charge is 2.10. The number of aliphatic hydroxyl groups is 1. The summed E-state index contributed by atoms with van der Waals surface area (Å²) in [6.45, 7) is 3.53. The lowest BCUT2D eigenvalue weighted by Gasteiger charge is -2.09. The van der Waals surface area contributed by atoms with Crippen molar-refractivity contribution in [2.75, 3.05) is 12.4 Å². The molecule has 1 N–H and O–H groups in total. The van der Waals surface area contributed by atoms with Crippen molar-refractivity contribution in [1.82, 2.24) is 0 Å². The first kappa shape index (κ1) is 15.7. The van der Waals surface area contributed by atoms with Gasteiger partial charge in [-0.15, -0.1) is 11.8 Å². The molecule has 104 valence electrons. The summed E-state index contributed by atoms with van der Waals surface area (Å²) in [6.07, 6.45) is 0.471. The normalized spacial score (nSPS) is 10.3. The number of esters is 1. The number of ether oxygens (including phenoxy) is 1. The Bertz CT molecular complexity index is 457. The number of carbonyl (C=O) groups excluding carboxylic acids is 2. The van der Waals surface area contributed by atoms with E-state index in [1.807, 2.05) is 0 Å². The number of Topliss-reactive ketones (excluding diaryl/α,β-unsaturated/α-hetero) is 1. The van der Waals surface area contributed by atoms with E-state index in [4.69, 9.17) is 4.74 Å². The molecular weight excluding hydrogens is 264 g/mol. The molecule has 0 saturated heterocycles. The van der Waals surface area contributed by atoms with Crippen LogP contribution in [0, 0.1) is 0 Å². The molecule has 0 aliphatic carbocycles. The summed E-state index contributed by atoms with van der Waals surface area (Å²) in [6, 6.07) is 5.05. The van der Waals surface area contributed by atoms with Crippen LogP contribution in [-0.4, -0.2) is 29.2 Å². The first-order chi connectivity index (χ1) is 9.08. The van der Waals surface area contributed by atoms with Gasteiger partial charge in [0.2, 0.25) is 0 Å². The highest BCUT2D eigenvalue weighted by Crippen LogP contribution is 2.25. The van der Waals surface area contributed by atoms with Gasteiger partial charge in [-0.25, -0.2) is 4.79 Å². The number of thioether (sulfide) groups is 1. The molecule has 1 aromatic rings. The fraction of sp³-hybridized carbons (Fsp3) is 0.429. The summed E-state index contributed by atoms with van der Waals surface area (Å²) in [7, 11) is 0. The number of aliphatic hydroxyl groups excluding tert-OH is 1. The first-order valence-electron chi connectivity index (χ1n) is 6.11. The van der Waals surface area contributed by atoms with Crippen LogP contribution >= 0.6 is 11.8 Å². The van der Waals surface area contributed by atoms with Crippen molar-refractivity contribution in [3.63, 3.8) is 0 Å². The standard InChI is InChI=1S/C14H18O4S/c1-3-18-14(17)11-4-5-12(9-15)13(8-11)19-7-6-10(2)16/h4-5,8,15H,3,6-7,9H2,1-2H3. The Hall–Kier alpha value is -1.33. The van der Waals surface area contributed by atoms with Crippen molar-refractivity contribution in [2.45, 2.75) is 31.8 Å². The molecule has 0 radical (unpaired) electrons. The van der Waals surface area contributed by atoms with E-state index >= 15 is 0 Å². The number of benzene rings is 1. The lowest BCUT2D eigenvalue weighted by atomic mass is 10.1. The molecule has 1 aromatic carbocycles. The Morgan fingerprint density at radius 2 is 2.11 bits per heavy atom. The topological polar surface area (TPSA) is 63.6 Å². The molecule has 5 heteroatoms. The Kier molecular flexibility index (Phi) is 6.59. The van der Waals surface area contributed by atoms with Crippen LogP contribution in [0.2, 0.25) is 0 Å². The second-order valence-electron chi connectivity index (χ2n) is 4.00. The van der Waals surface area contributed by atoms with Gasteiger partial charge in [0, 0.05) is 17.1 Å². The smallest absolute Gasteiger partial charge is 0.338 e. The van der Waals surface area contributed by atoms with E-state index in [0.29, 0.717) is 24.3 Å². The Balaban J connectivity index is 2.83. The van der Waals surface area contributed by atoms with Crippen molar-refractivity contribution in [3.05, 3.63) is 29.3 Å². The summed E-state index contributed by atoms with van der Waals surface area (Å²) >= 11 is 1.46. The van der Waals surface area contributed by atoms with Crippen LogP contribution in [0.5, 0.6) is 0 Å². The molecule has 0 bridgehead atoms. The predicted octanol–water partition coefficient (Wildman–Crippen LogP) is 2.43. The molecule has 0 saturated carbocycles. The van der Waals surface area contributed by atoms with Gasteiger partial charge < -0.3 is 9.84 Å². The molecule has 0 spiro atoms. The zero-order chi connectivity index (χ0) is 14.3. The zero-order valence-electron chi connectivity index (χ0n) is 11.1. The van der Waals surface area contributed by atoms with Crippen molar-refractivity contribution in [3.8, 4) is 0 Å². The van der Waals surface area contributed by atoms with Gasteiger partial charge in [-0.2, -0.15) is 0 Å². The maximum Gasteiger partial charge on any atom is 0.338 e. The molecular formula is C14H18O4S. The molecule has 0 aromatic heterocycles. The van der Waals surface area contributed by atoms with Gasteiger partial charge in [-0.1, -0.05) is 6.07 Å². The first-order valence-corrected chi connectivity index (χ1v) is 7.10. The summed E-state index contributed by atoms with van der Waals surface area (Å²) in [5.41, 5.74) is 1.21. The van der Waals surface area contributed by atoms with E-state index in [1.54, 1.807) is 32.0 Å². The second-order valence-corrected chi connectivity index (χ2v) is 5.14. The summed E-state index contributed by atoms with van der Waals surface area (Å²) in [4.78, 5) is 23.4. The van der Waals surface area contributed by atoms with Gasteiger partial charge in [-0.05, 0) is 31.5 Å². The molecule has 0 unspecified atom stereocenters. The minimum absolute atomic E-state index is 0.0918. The molecule has 0 amide bonds. The Morgan fingerprint density at radius 1 is 1.37 bits per heavy atom. The molecule has 0 aliphatic rings. The minimum atomic E-state index is -0.375. The van der Waals surface area contributed by atoms with E-state index in [9.17, 15) is 14.7 Å². The van der Waals surface area contributed by atoms with Gasteiger partial charge in [0.25, 0.3) is 0 Å². The number of rotatable bonds is 7. The fourth-order valence-corrected chi connectivity index (χ4v) is 2.60. The van der Waals surface area contributed by atoms with E-state index in [0.717, 1.165) is 10.5 Å². The van der Waals surface area contributed by atoms with E-state index in [1.165, 1.54) is 11.8 Å². The SMILES string of the molecule is CCOC(=O)c1ccc(CO)c(SCCC(C)=O)c1. The maximum absolute atomic E-state index is 11.6. The van der Waals surface area contributed by atoms with Crippen LogP contribution in [0.3, 0.4) is 0 Å². The van der Waals surface area contributed by atoms with Crippen LogP contribution in [0.25, 0.3) is 0 Å². The van der Waals surface area contributed by atoms with Crippen molar-refractivity contribution in [1.29, 1.82) is 0 Å². The molecule has 0 aliphatic heterocycles. The Labute approximate surface area is 117 Å². The molecule has 0 fully saturated rings. The van der Waals surface area contributed by atoms with E-state index in [-0.39, 0.29) is 18.4 Å². The number of ketones is 1. The van der Waals surface area contributed by atoms with Gasteiger partial charge >= 0.3 is 5.97 Å². The highest BCUT2D eigenvalue weighted by molar-refractivity contribution is 7.99. The summed E-state index contributed by atoms with van der Waals surface area (Å²) in [5, 5.41) is 9.26. The van der Waals surface area contributed by atoms with Crippen molar-refractivity contribution in [2.24, 2.45) is 0 Å². The molecule has 1 rings (SSSR count). The zero-order valence-corrected chi connectivity index (χ0v) is 12.0. The van der Waals surface area contributed by atoms with E-state index in [2.05, 4.69) is 0 Å². The number of carbonyl (C=O) groups is 2. The fourth-order valence-electron chi connectivity index (χ4n) is 1.47. The van der Waals surface area contributed by atoms with Gasteiger partial charge in [-0.3, -0.25) is 4.79 Å². The second kappa shape index (κ2) is 7.96. The van der Waals surface area contributed by atoms with E-state index < -0.39 is 0 Å². The maximum atomic E-state index is 11.6. The predicted molar refractivity (Wildman–Crippen MR) is 74.3 cm³/mol. The third kappa shape index (κ3) is 5.04. The largest absolute Gasteiger partial charge is 0.462 e. The average molecular weight is 282 g/mol. The number of hydrogen-bond acceptors (Lipinski definition) is 5. The van der Waals surface area contributed by atoms with Gasteiger partial charge in [0.15, 0.2) is 0 Å².